The molecule has 3 aromatic carbocycles. The van der Waals surface area contributed by atoms with Gasteiger partial charge in [-0.2, -0.15) is 4.31 Å². The highest BCUT2D eigenvalue weighted by Gasteiger charge is 2.26. The van der Waals surface area contributed by atoms with E-state index in [1.165, 1.54) is 28.6 Å². The maximum atomic E-state index is 12.7. The fraction of sp³-hybridized carbons (Fsp3) is 0.231. The largest absolute Gasteiger partial charge is 0.452 e. The Labute approximate surface area is 204 Å². The molecule has 0 bridgehead atoms. The van der Waals surface area contributed by atoms with Crippen molar-refractivity contribution < 1.29 is 27.5 Å². The first-order valence-electron chi connectivity index (χ1n) is 11.2. The van der Waals surface area contributed by atoms with Gasteiger partial charge in [0.1, 0.15) is 0 Å². The summed E-state index contributed by atoms with van der Waals surface area (Å²) >= 11 is 0. The summed E-state index contributed by atoms with van der Waals surface area (Å²) in [6, 6.07) is 22.8. The molecule has 1 aliphatic rings. The molecule has 1 amide bonds. The molecule has 182 valence electrons. The number of ether oxygens (including phenoxy) is 2. The van der Waals surface area contributed by atoms with E-state index in [9.17, 15) is 18.0 Å². The van der Waals surface area contributed by atoms with Crippen molar-refractivity contribution in [2.45, 2.75) is 11.3 Å². The first kappa shape index (κ1) is 24.6. The number of hydrogen-bond donors (Lipinski definition) is 1. The molecule has 1 aliphatic heterocycles. The van der Waals surface area contributed by atoms with Crippen molar-refractivity contribution in [1.29, 1.82) is 0 Å². The minimum atomic E-state index is -3.65. The minimum Gasteiger partial charge on any atom is -0.452 e. The number of morpholine rings is 1. The SMILES string of the molecule is O=C(COC(=O)c1ccc(S(=O)(=O)N2CCOCC2)cc1)Nc1ccccc1Cc1ccccc1. The molecule has 1 N–H and O–H groups in total. The fourth-order valence-electron chi connectivity index (χ4n) is 3.71. The minimum absolute atomic E-state index is 0.0868. The Hall–Kier alpha value is -3.53. The monoisotopic (exact) mass is 494 g/mol. The van der Waals surface area contributed by atoms with Crippen LogP contribution in [0.15, 0.2) is 83.8 Å². The van der Waals surface area contributed by atoms with Crippen LogP contribution in [0.3, 0.4) is 0 Å². The Bertz CT molecular complexity index is 1270. The average molecular weight is 495 g/mol. The zero-order valence-corrected chi connectivity index (χ0v) is 19.9. The molecular formula is C26H26N2O6S. The van der Waals surface area contributed by atoms with E-state index in [1.54, 1.807) is 6.07 Å². The quantitative estimate of drug-likeness (QED) is 0.483. The standard InChI is InChI=1S/C26H26N2O6S/c29-25(27-24-9-5-4-8-22(24)18-20-6-2-1-3-7-20)19-34-26(30)21-10-12-23(13-11-21)35(31,32)28-14-16-33-17-15-28/h1-13H,14-19H2,(H,27,29). The Kier molecular flexibility index (Phi) is 7.91. The summed E-state index contributed by atoms with van der Waals surface area (Å²) in [5.41, 5.74) is 2.86. The van der Waals surface area contributed by atoms with Gasteiger partial charge in [0.05, 0.1) is 23.7 Å². The third-order valence-corrected chi connectivity index (χ3v) is 7.47. The molecule has 9 heteroatoms. The highest BCUT2D eigenvalue weighted by Crippen LogP contribution is 2.20. The van der Waals surface area contributed by atoms with Crippen molar-refractivity contribution in [3.05, 3.63) is 95.6 Å². The molecule has 8 nitrogen and oxygen atoms in total. The second-order valence-electron chi connectivity index (χ2n) is 7.98. The van der Waals surface area contributed by atoms with Gasteiger partial charge in [0.25, 0.3) is 5.91 Å². The van der Waals surface area contributed by atoms with Gasteiger partial charge in [-0.15, -0.1) is 0 Å². The van der Waals surface area contributed by atoms with Crippen molar-refractivity contribution in [3.8, 4) is 0 Å². The average Bonchev–Trinajstić information content (AvgIpc) is 2.89. The fourth-order valence-corrected chi connectivity index (χ4v) is 5.12. The van der Waals surface area contributed by atoms with Gasteiger partial charge in [0.15, 0.2) is 6.61 Å². The third-order valence-electron chi connectivity index (χ3n) is 5.56. The Morgan fingerprint density at radius 2 is 1.54 bits per heavy atom. The number of sulfonamides is 1. The number of nitrogens with one attached hydrogen (secondary N) is 1. The number of esters is 1. The smallest absolute Gasteiger partial charge is 0.338 e. The van der Waals surface area contributed by atoms with Gasteiger partial charge in [-0.3, -0.25) is 4.79 Å². The third kappa shape index (κ3) is 6.33. The summed E-state index contributed by atoms with van der Waals surface area (Å²) in [6.07, 6.45) is 0.650. The predicted octanol–water partition coefficient (Wildman–Crippen LogP) is 3.09. The van der Waals surface area contributed by atoms with Gasteiger partial charge in [0.2, 0.25) is 10.0 Å². The maximum absolute atomic E-state index is 12.7. The Balaban J connectivity index is 1.33. The molecule has 1 saturated heterocycles. The van der Waals surface area contributed by atoms with E-state index in [0.717, 1.165) is 11.1 Å². The van der Waals surface area contributed by atoms with Crippen LogP contribution in [0.2, 0.25) is 0 Å². The van der Waals surface area contributed by atoms with E-state index in [2.05, 4.69) is 5.32 Å². The van der Waals surface area contributed by atoms with Crippen molar-refractivity contribution >= 4 is 27.6 Å². The van der Waals surface area contributed by atoms with Crippen molar-refractivity contribution in [2.24, 2.45) is 0 Å². The topological polar surface area (TPSA) is 102 Å². The van der Waals surface area contributed by atoms with Gasteiger partial charge < -0.3 is 14.8 Å². The number of carbonyl (C=O) groups is 2. The van der Waals surface area contributed by atoms with Crippen LogP contribution in [-0.2, 0) is 30.7 Å². The lowest BCUT2D eigenvalue weighted by Crippen LogP contribution is -2.40. The number of amides is 1. The lowest BCUT2D eigenvalue weighted by atomic mass is 10.0. The molecule has 3 aromatic rings. The summed E-state index contributed by atoms with van der Waals surface area (Å²) in [7, 11) is -3.65. The van der Waals surface area contributed by atoms with Gasteiger partial charge in [-0.05, 0) is 47.9 Å². The van der Waals surface area contributed by atoms with E-state index >= 15 is 0 Å². The molecule has 0 radical (unpaired) electrons. The molecule has 0 spiro atoms. The van der Waals surface area contributed by atoms with Crippen LogP contribution in [0.4, 0.5) is 5.69 Å². The second-order valence-corrected chi connectivity index (χ2v) is 9.92. The van der Waals surface area contributed by atoms with E-state index in [-0.39, 0.29) is 23.5 Å². The number of benzene rings is 3. The number of nitrogens with zero attached hydrogens (tertiary/aromatic N) is 1. The first-order chi connectivity index (χ1) is 16.9. The molecule has 35 heavy (non-hydrogen) atoms. The van der Waals surface area contributed by atoms with E-state index in [4.69, 9.17) is 9.47 Å². The number of rotatable bonds is 8. The highest BCUT2D eigenvalue weighted by molar-refractivity contribution is 7.89. The first-order valence-corrected chi connectivity index (χ1v) is 12.6. The second kappa shape index (κ2) is 11.3. The summed E-state index contributed by atoms with van der Waals surface area (Å²) in [5, 5.41) is 2.79. The molecule has 0 saturated carbocycles. The lowest BCUT2D eigenvalue weighted by molar-refractivity contribution is -0.119. The number of hydrogen-bond acceptors (Lipinski definition) is 6. The molecule has 0 unspecified atom stereocenters. The van der Waals surface area contributed by atoms with Gasteiger partial charge in [-0.1, -0.05) is 48.5 Å². The van der Waals surface area contributed by atoms with Gasteiger partial charge in [0, 0.05) is 18.8 Å². The summed E-state index contributed by atoms with van der Waals surface area (Å²) in [6.45, 7) is 0.808. The summed E-state index contributed by atoms with van der Waals surface area (Å²) < 4.78 is 37.1. The lowest BCUT2D eigenvalue weighted by Gasteiger charge is -2.26. The highest BCUT2D eigenvalue weighted by atomic mass is 32.2. The van der Waals surface area contributed by atoms with Crippen LogP contribution in [0.25, 0.3) is 0 Å². The van der Waals surface area contributed by atoms with Crippen LogP contribution < -0.4 is 5.32 Å². The van der Waals surface area contributed by atoms with E-state index < -0.39 is 28.5 Å². The Morgan fingerprint density at radius 1 is 0.886 bits per heavy atom. The molecule has 4 rings (SSSR count). The van der Waals surface area contributed by atoms with Crippen molar-refractivity contribution in [2.75, 3.05) is 38.2 Å². The molecule has 0 aliphatic carbocycles. The maximum Gasteiger partial charge on any atom is 0.338 e. The van der Waals surface area contributed by atoms with Crippen LogP contribution in [-0.4, -0.2) is 57.5 Å². The molecule has 0 aromatic heterocycles. The zero-order valence-electron chi connectivity index (χ0n) is 19.1. The number of carbonyl (C=O) groups excluding carboxylic acids is 2. The Morgan fingerprint density at radius 3 is 2.26 bits per heavy atom. The van der Waals surface area contributed by atoms with E-state index in [0.29, 0.717) is 25.3 Å². The van der Waals surface area contributed by atoms with Crippen LogP contribution in [0.5, 0.6) is 0 Å². The zero-order chi connectivity index (χ0) is 24.7. The van der Waals surface area contributed by atoms with Crippen molar-refractivity contribution in [3.63, 3.8) is 0 Å². The normalized spacial score (nSPS) is 14.3. The molecule has 1 heterocycles. The van der Waals surface area contributed by atoms with Crippen LogP contribution in [0, 0.1) is 0 Å². The molecule has 0 atom stereocenters. The van der Waals surface area contributed by atoms with Gasteiger partial charge >= 0.3 is 5.97 Å². The van der Waals surface area contributed by atoms with E-state index in [1.807, 2.05) is 48.5 Å². The summed E-state index contributed by atoms with van der Waals surface area (Å²) in [5.74, 6) is -1.18. The van der Waals surface area contributed by atoms with Crippen LogP contribution in [0.1, 0.15) is 21.5 Å². The predicted molar refractivity (Wildman–Crippen MR) is 131 cm³/mol. The molecule has 1 fully saturated rings. The van der Waals surface area contributed by atoms with Crippen LogP contribution >= 0.6 is 0 Å². The molecular weight excluding hydrogens is 468 g/mol. The van der Waals surface area contributed by atoms with Crippen molar-refractivity contribution in [1.82, 2.24) is 4.31 Å². The summed E-state index contributed by atoms with van der Waals surface area (Å²) in [4.78, 5) is 24.9. The number of anilines is 1. The van der Waals surface area contributed by atoms with Gasteiger partial charge in [-0.25, -0.2) is 13.2 Å². The number of para-hydroxylation sites is 1.